The van der Waals surface area contributed by atoms with Crippen LogP contribution in [0, 0.1) is 0 Å². The zero-order chi connectivity index (χ0) is 18.5. The maximum atomic E-state index is 12.4. The fraction of sp³-hybridized carbons (Fsp3) is 0.190. The number of hydrogen-bond donors (Lipinski definition) is 2. The van der Waals surface area contributed by atoms with E-state index in [1.807, 2.05) is 42.5 Å². The van der Waals surface area contributed by atoms with Crippen molar-refractivity contribution in [3.05, 3.63) is 71.8 Å². The van der Waals surface area contributed by atoms with E-state index in [0.717, 1.165) is 16.3 Å². The Kier molecular flexibility index (Phi) is 5.39. The number of methoxy groups -OCH3 is 2. The average Bonchev–Trinajstić information content (AvgIpc) is 2.70. The predicted octanol–water partition coefficient (Wildman–Crippen LogP) is 3.32. The van der Waals surface area contributed by atoms with Crippen LogP contribution in [0.5, 0.6) is 11.5 Å². The van der Waals surface area contributed by atoms with Gasteiger partial charge in [0.2, 0.25) is 0 Å². The number of nitrogens with one attached hydrogen (secondary N) is 1. The summed E-state index contributed by atoms with van der Waals surface area (Å²) in [4.78, 5) is 12.4. The van der Waals surface area contributed by atoms with Crippen LogP contribution in [0.25, 0.3) is 10.8 Å². The van der Waals surface area contributed by atoms with Gasteiger partial charge in [-0.25, -0.2) is 0 Å². The zero-order valence-electron chi connectivity index (χ0n) is 14.7. The lowest BCUT2D eigenvalue weighted by molar-refractivity contribution is 0.0916. The first-order valence-corrected chi connectivity index (χ1v) is 8.30. The molecule has 0 saturated heterocycles. The Labute approximate surface area is 152 Å². The van der Waals surface area contributed by atoms with E-state index in [-0.39, 0.29) is 12.5 Å². The normalized spacial score (nSPS) is 11.8. The standard InChI is InChI=1S/C21H21NO4/c1-25-19-11-10-15(12-20(19)26-2)21(24)22-13-18(23)17-9-5-7-14-6-3-4-8-16(14)17/h3-12,18,23H,13H2,1-2H3,(H,22,24). The molecule has 1 unspecified atom stereocenters. The van der Waals surface area contributed by atoms with E-state index >= 15 is 0 Å². The van der Waals surface area contributed by atoms with Crippen molar-refractivity contribution >= 4 is 16.7 Å². The molecule has 1 atom stereocenters. The van der Waals surface area contributed by atoms with Gasteiger partial charge in [-0.2, -0.15) is 0 Å². The molecule has 5 nitrogen and oxygen atoms in total. The van der Waals surface area contributed by atoms with Crippen molar-refractivity contribution in [2.45, 2.75) is 6.10 Å². The van der Waals surface area contributed by atoms with Crippen molar-refractivity contribution in [1.29, 1.82) is 0 Å². The topological polar surface area (TPSA) is 67.8 Å². The Hall–Kier alpha value is -3.05. The fourth-order valence-corrected chi connectivity index (χ4v) is 2.92. The van der Waals surface area contributed by atoms with Crippen molar-refractivity contribution in [2.24, 2.45) is 0 Å². The molecule has 0 aliphatic heterocycles. The maximum Gasteiger partial charge on any atom is 0.251 e. The minimum absolute atomic E-state index is 0.112. The van der Waals surface area contributed by atoms with Gasteiger partial charge < -0.3 is 19.9 Å². The summed E-state index contributed by atoms with van der Waals surface area (Å²) in [6.07, 6.45) is -0.801. The molecule has 0 radical (unpaired) electrons. The van der Waals surface area contributed by atoms with Gasteiger partial charge in [-0.3, -0.25) is 4.79 Å². The van der Waals surface area contributed by atoms with Gasteiger partial charge in [0.1, 0.15) is 0 Å². The number of ether oxygens (including phenoxy) is 2. The second kappa shape index (κ2) is 7.89. The van der Waals surface area contributed by atoms with Crippen molar-refractivity contribution in [2.75, 3.05) is 20.8 Å². The lowest BCUT2D eigenvalue weighted by Gasteiger charge is -2.15. The molecule has 3 rings (SSSR count). The van der Waals surface area contributed by atoms with E-state index in [1.54, 1.807) is 18.2 Å². The lowest BCUT2D eigenvalue weighted by atomic mass is 10.0. The van der Waals surface area contributed by atoms with E-state index < -0.39 is 6.10 Å². The first kappa shape index (κ1) is 17.8. The third kappa shape index (κ3) is 3.63. The quantitative estimate of drug-likeness (QED) is 0.715. The molecule has 0 aliphatic carbocycles. The van der Waals surface area contributed by atoms with E-state index in [1.165, 1.54) is 14.2 Å². The second-order valence-corrected chi connectivity index (χ2v) is 5.86. The molecule has 26 heavy (non-hydrogen) atoms. The Morgan fingerprint density at radius 1 is 1.00 bits per heavy atom. The Bertz CT molecular complexity index is 918. The Morgan fingerprint density at radius 2 is 1.73 bits per heavy atom. The summed E-state index contributed by atoms with van der Waals surface area (Å²) in [6.45, 7) is 0.112. The van der Waals surface area contributed by atoms with Crippen LogP contribution in [0.2, 0.25) is 0 Å². The minimum Gasteiger partial charge on any atom is -0.493 e. The van der Waals surface area contributed by atoms with Crippen molar-refractivity contribution in [3.63, 3.8) is 0 Å². The summed E-state index contributed by atoms with van der Waals surface area (Å²) in [5, 5.41) is 15.3. The summed E-state index contributed by atoms with van der Waals surface area (Å²) in [6, 6.07) is 18.5. The van der Waals surface area contributed by atoms with Crippen molar-refractivity contribution in [1.82, 2.24) is 5.32 Å². The molecule has 2 N–H and O–H groups in total. The van der Waals surface area contributed by atoms with Gasteiger partial charge in [-0.1, -0.05) is 42.5 Å². The van der Waals surface area contributed by atoms with Crippen LogP contribution in [0.15, 0.2) is 60.7 Å². The van der Waals surface area contributed by atoms with Gasteiger partial charge >= 0.3 is 0 Å². The van der Waals surface area contributed by atoms with Crippen LogP contribution in [-0.4, -0.2) is 31.8 Å². The van der Waals surface area contributed by atoms with E-state index in [0.29, 0.717) is 17.1 Å². The number of aliphatic hydroxyl groups is 1. The largest absolute Gasteiger partial charge is 0.493 e. The van der Waals surface area contributed by atoms with Gasteiger partial charge in [0.25, 0.3) is 5.91 Å². The van der Waals surface area contributed by atoms with Gasteiger partial charge in [0, 0.05) is 12.1 Å². The molecule has 5 heteroatoms. The molecule has 0 saturated carbocycles. The van der Waals surface area contributed by atoms with Crippen LogP contribution in [0.3, 0.4) is 0 Å². The smallest absolute Gasteiger partial charge is 0.251 e. The van der Waals surface area contributed by atoms with E-state index in [9.17, 15) is 9.90 Å². The first-order chi connectivity index (χ1) is 12.6. The number of amides is 1. The van der Waals surface area contributed by atoms with Crippen LogP contribution in [0.1, 0.15) is 22.0 Å². The highest BCUT2D eigenvalue weighted by atomic mass is 16.5. The highest BCUT2D eigenvalue weighted by Gasteiger charge is 2.15. The highest BCUT2D eigenvalue weighted by molar-refractivity contribution is 5.95. The average molecular weight is 351 g/mol. The highest BCUT2D eigenvalue weighted by Crippen LogP contribution is 2.28. The minimum atomic E-state index is -0.801. The summed E-state index contributed by atoms with van der Waals surface area (Å²) in [7, 11) is 3.06. The molecule has 0 heterocycles. The van der Waals surface area contributed by atoms with Crippen LogP contribution in [-0.2, 0) is 0 Å². The molecule has 0 spiro atoms. The summed E-state index contributed by atoms with van der Waals surface area (Å²) < 4.78 is 10.4. The molecular formula is C21H21NO4. The van der Waals surface area contributed by atoms with Crippen molar-refractivity contribution in [3.8, 4) is 11.5 Å². The first-order valence-electron chi connectivity index (χ1n) is 8.30. The Morgan fingerprint density at radius 3 is 2.50 bits per heavy atom. The van der Waals surface area contributed by atoms with Gasteiger partial charge in [0.15, 0.2) is 11.5 Å². The summed E-state index contributed by atoms with van der Waals surface area (Å²) >= 11 is 0. The molecule has 0 aromatic heterocycles. The van der Waals surface area contributed by atoms with Gasteiger partial charge in [0.05, 0.1) is 20.3 Å². The monoisotopic (exact) mass is 351 g/mol. The lowest BCUT2D eigenvalue weighted by Crippen LogP contribution is -2.28. The molecule has 3 aromatic carbocycles. The molecule has 0 aliphatic rings. The molecule has 0 bridgehead atoms. The van der Waals surface area contributed by atoms with Crippen LogP contribution in [0.4, 0.5) is 0 Å². The number of benzene rings is 3. The predicted molar refractivity (Wildman–Crippen MR) is 101 cm³/mol. The Balaban J connectivity index is 1.73. The maximum absolute atomic E-state index is 12.4. The number of fused-ring (bicyclic) bond motifs is 1. The third-order valence-corrected chi connectivity index (χ3v) is 4.28. The molecular weight excluding hydrogens is 330 g/mol. The van der Waals surface area contributed by atoms with Gasteiger partial charge in [-0.15, -0.1) is 0 Å². The number of carbonyl (C=O) groups is 1. The summed E-state index contributed by atoms with van der Waals surface area (Å²) in [5.41, 5.74) is 1.23. The molecule has 1 amide bonds. The van der Waals surface area contributed by atoms with Gasteiger partial charge in [-0.05, 0) is 34.5 Å². The summed E-state index contributed by atoms with van der Waals surface area (Å²) in [5.74, 6) is 0.750. The fourth-order valence-electron chi connectivity index (χ4n) is 2.92. The van der Waals surface area contributed by atoms with Crippen molar-refractivity contribution < 1.29 is 19.4 Å². The van der Waals surface area contributed by atoms with E-state index in [4.69, 9.17) is 9.47 Å². The second-order valence-electron chi connectivity index (χ2n) is 5.86. The number of carbonyl (C=O) groups excluding carboxylic acids is 1. The zero-order valence-corrected chi connectivity index (χ0v) is 14.7. The molecule has 134 valence electrons. The van der Waals surface area contributed by atoms with Crippen LogP contribution < -0.4 is 14.8 Å². The number of hydrogen-bond acceptors (Lipinski definition) is 4. The molecule has 0 fully saturated rings. The number of aliphatic hydroxyl groups excluding tert-OH is 1. The molecule has 3 aromatic rings. The SMILES string of the molecule is COc1ccc(C(=O)NCC(O)c2cccc3ccccc23)cc1OC. The van der Waals surface area contributed by atoms with E-state index in [2.05, 4.69) is 5.32 Å². The number of rotatable bonds is 6. The third-order valence-electron chi connectivity index (χ3n) is 4.28. The van der Waals surface area contributed by atoms with Crippen LogP contribution >= 0.6 is 0 Å².